The van der Waals surface area contributed by atoms with E-state index in [1.54, 1.807) is 0 Å². The van der Waals surface area contributed by atoms with Gasteiger partial charge in [0.15, 0.2) is 0 Å². The van der Waals surface area contributed by atoms with Crippen molar-refractivity contribution in [3.63, 3.8) is 0 Å². The summed E-state index contributed by atoms with van der Waals surface area (Å²) in [5.74, 6) is 0.227. The van der Waals surface area contributed by atoms with Gasteiger partial charge in [0.25, 0.3) is 0 Å². The lowest BCUT2D eigenvalue weighted by Gasteiger charge is -2.25. The Labute approximate surface area is 108 Å². The van der Waals surface area contributed by atoms with Crippen molar-refractivity contribution in [3.8, 4) is 0 Å². The molecular weight excluding hydrogens is 287 g/mol. The molecule has 1 aromatic rings. The number of hydrogen-bond acceptors (Lipinski definition) is 4. The first-order valence-electron chi connectivity index (χ1n) is 4.92. The Morgan fingerprint density at radius 1 is 1.47 bits per heavy atom. The van der Waals surface area contributed by atoms with Gasteiger partial charge in [-0.25, -0.2) is 13.4 Å². The van der Waals surface area contributed by atoms with E-state index in [0.29, 0.717) is 12.4 Å². The second-order valence-electron chi connectivity index (χ2n) is 3.49. The number of hydrogen-bond donors (Lipinski definition) is 0. The molecule has 1 fully saturated rings. The largest absolute Gasteiger partial charge is 0.248 e. The first kappa shape index (κ1) is 13.1. The van der Waals surface area contributed by atoms with Crippen LogP contribution in [0.4, 0.5) is 4.39 Å². The molecule has 2 rings (SSSR count). The molecule has 1 saturated heterocycles. The van der Waals surface area contributed by atoms with Crippen molar-refractivity contribution < 1.29 is 12.8 Å². The normalized spacial score (nSPS) is 18.2. The minimum absolute atomic E-state index is 0.0607. The molecule has 0 atom stereocenters. The van der Waals surface area contributed by atoms with E-state index in [-0.39, 0.29) is 5.15 Å². The van der Waals surface area contributed by atoms with Gasteiger partial charge in [0, 0.05) is 6.54 Å². The van der Waals surface area contributed by atoms with E-state index >= 15 is 0 Å². The summed E-state index contributed by atoms with van der Waals surface area (Å²) in [6.07, 6.45) is 0.770. The lowest BCUT2D eigenvalue weighted by molar-refractivity contribution is 0.442. The minimum Gasteiger partial charge on any atom is -0.207 e. The SMILES string of the molecule is O=S(=O)(c1ccc(Cl)nc1F)N1CCCSC1. The zero-order chi connectivity index (χ0) is 12.5. The second-order valence-corrected chi connectivity index (χ2v) is 6.86. The molecule has 1 aromatic heterocycles. The molecule has 4 nitrogen and oxygen atoms in total. The van der Waals surface area contributed by atoms with Crippen molar-refractivity contribution in [3.05, 3.63) is 23.2 Å². The molecular formula is C9H10ClFN2O2S2. The quantitative estimate of drug-likeness (QED) is 0.783. The Morgan fingerprint density at radius 2 is 2.24 bits per heavy atom. The van der Waals surface area contributed by atoms with Gasteiger partial charge >= 0.3 is 0 Å². The molecule has 0 amide bonds. The summed E-state index contributed by atoms with van der Waals surface area (Å²) in [5.41, 5.74) is 0. The van der Waals surface area contributed by atoms with Gasteiger partial charge in [0.1, 0.15) is 10.0 Å². The van der Waals surface area contributed by atoms with Crippen LogP contribution >= 0.6 is 23.4 Å². The molecule has 94 valence electrons. The molecule has 8 heteroatoms. The Bertz CT molecular complexity index is 518. The molecule has 0 bridgehead atoms. The maximum atomic E-state index is 13.5. The number of rotatable bonds is 2. The fraction of sp³-hybridized carbons (Fsp3) is 0.444. The van der Waals surface area contributed by atoms with E-state index in [0.717, 1.165) is 18.2 Å². The van der Waals surface area contributed by atoms with Crippen LogP contribution in [0.25, 0.3) is 0 Å². The van der Waals surface area contributed by atoms with Crippen LogP contribution in [-0.4, -0.2) is 35.9 Å². The Balaban J connectivity index is 2.37. The highest BCUT2D eigenvalue weighted by Gasteiger charge is 2.29. The van der Waals surface area contributed by atoms with Gasteiger partial charge in [-0.05, 0) is 24.3 Å². The molecule has 0 aromatic carbocycles. The summed E-state index contributed by atoms with van der Waals surface area (Å²) in [6, 6.07) is 2.42. The number of halogens is 2. The van der Waals surface area contributed by atoms with Gasteiger partial charge in [-0.15, -0.1) is 11.8 Å². The average Bonchev–Trinajstić information content (AvgIpc) is 2.29. The van der Waals surface area contributed by atoms with Crippen LogP contribution in [0.1, 0.15) is 6.42 Å². The first-order valence-corrected chi connectivity index (χ1v) is 7.89. The molecule has 0 saturated carbocycles. The molecule has 1 aliphatic rings. The molecule has 0 radical (unpaired) electrons. The highest BCUT2D eigenvalue weighted by atomic mass is 35.5. The van der Waals surface area contributed by atoms with E-state index in [9.17, 15) is 12.8 Å². The Kier molecular flexibility index (Phi) is 3.92. The average molecular weight is 297 g/mol. The van der Waals surface area contributed by atoms with Crippen LogP contribution in [0.5, 0.6) is 0 Å². The number of pyridine rings is 1. The Morgan fingerprint density at radius 3 is 2.82 bits per heavy atom. The third-order valence-corrected chi connectivity index (χ3v) is 5.63. The van der Waals surface area contributed by atoms with Crippen LogP contribution in [0, 0.1) is 5.95 Å². The van der Waals surface area contributed by atoms with Crippen LogP contribution in [0.15, 0.2) is 17.0 Å². The standard InChI is InChI=1S/C9H10ClFN2O2S2/c10-8-3-2-7(9(11)12-8)17(14,15)13-4-1-5-16-6-13/h2-3H,1,4-6H2. The first-order chi connectivity index (χ1) is 8.01. The van der Waals surface area contributed by atoms with Gasteiger partial charge < -0.3 is 0 Å². The van der Waals surface area contributed by atoms with Crippen molar-refractivity contribution in [1.82, 2.24) is 9.29 Å². The lowest BCUT2D eigenvalue weighted by Crippen LogP contribution is -2.35. The maximum absolute atomic E-state index is 13.5. The van der Waals surface area contributed by atoms with Crippen molar-refractivity contribution >= 4 is 33.4 Å². The molecule has 1 aliphatic heterocycles. The molecule has 0 N–H and O–H groups in total. The molecule has 17 heavy (non-hydrogen) atoms. The molecule has 0 spiro atoms. The zero-order valence-electron chi connectivity index (χ0n) is 8.77. The van der Waals surface area contributed by atoms with E-state index in [2.05, 4.69) is 4.98 Å². The summed E-state index contributed by atoms with van der Waals surface area (Å²) in [5, 5.41) is -0.0607. The van der Waals surface area contributed by atoms with Crippen LogP contribution in [0.2, 0.25) is 5.15 Å². The molecule has 0 aliphatic carbocycles. The van der Waals surface area contributed by atoms with Crippen LogP contribution in [0.3, 0.4) is 0 Å². The summed E-state index contributed by atoms with van der Waals surface area (Å²) in [7, 11) is -3.79. The van der Waals surface area contributed by atoms with E-state index in [4.69, 9.17) is 11.6 Å². The molecule has 2 heterocycles. The van der Waals surface area contributed by atoms with Gasteiger partial charge in [-0.3, -0.25) is 0 Å². The highest BCUT2D eigenvalue weighted by Crippen LogP contribution is 2.24. The topological polar surface area (TPSA) is 50.3 Å². The number of sulfonamides is 1. The van der Waals surface area contributed by atoms with Gasteiger partial charge in [0.2, 0.25) is 16.0 Å². The van der Waals surface area contributed by atoms with Crippen molar-refractivity contribution in [2.24, 2.45) is 0 Å². The smallest absolute Gasteiger partial charge is 0.207 e. The maximum Gasteiger partial charge on any atom is 0.248 e. The summed E-state index contributed by atoms with van der Waals surface area (Å²) in [6.45, 7) is 0.414. The third kappa shape index (κ3) is 2.73. The van der Waals surface area contributed by atoms with Gasteiger partial charge in [-0.1, -0.05) is 11.6 Å². The van der Waals surface area contributed by atoms with Crippen LogP contribution in [-0.2, 0) is 10.0 Å². The van der Waals surface area contributed by atoms with E-state index in [1.807, 2.05) is 0 Å². The Hall–Kier alpha value is -0.370. The number of aromatic nitrogens is 1. The van der Waals surface area contributed by atoms with Crippen LogP contribution < -0.4 is 0 Å². The lowest BCUT2D eigenvalue weighted by atomic mass is 10.5. The van der Waals surface area contributed by atoms with E-state index in [1.165, 1.54) is 22.1 Å². The van der Waals surface area contributed by atoms with Gasteiger partial charge in [-0.2, -0.15) is 8.70 Å². The second kappa shape index (κ2) is 5.09. The van der Waals surface area contributed by atoms with E-state index < -0.39 is 20.9 Å². The number of nitrogens with zero attached hydrogens (tertiary/aromatic N) is 2. The van der Waals surface area contributed by atoms with Crippen molar-refractivity contribution in [2.45, 2.75) is 11.3 Å². The predicted molar refractivity (Wildman–Crippen MR) is 65.0 cm³/mol. The van der Waals surface area contributed by atoms with Crippen molar-refractivity contribution in [2.75, 3.05) is 18.2 Å². The summed E-state index contributed by atoms with van der Waals surface area (Å²) < 4.78 is 39.0. The fourth-order valence-corrected chi connectivity index (χ4v) is 4.35. The highest BCUT2D eigenvalue weighted by molar-refractivity contribution is 8.00. The molecule has 0 unspecified atom stereocenters. The predicted octanol–water partition coefficient (Wildman–Crippen LogP) is 1.96. The van der Waals surface area contributed by atoms with Gasteiger partial charge in [0.05, 0.1) is 5.88 Å². The number of thioether (sulfide) groups is 1. The van der Waals surface area contributed by atoms with Crippen molar-refractivity contribution in [1.29, 1.82) is 0 Å². The summed E-state index contributed by atoms with van der Waals surface area (Å²) in [4.78, 5) is 2.91. The zero-order valence-corrected chi connectivity index (χ0v) is 11.2. The fourth-order valence-electron chi connectivity index (χ4n) is 1.49. The summed E-state index contributed by atoms with van der Waals surface area (Å²) >= 11 is 7.00. The monoisotopic (exact) mass is 296 g/mol. The third-order valence-electron chi connectivity index (χ3n) is 2.33. The minimum atomic E-state index is -3.79.